The van der Waals surface area contributed by atoms with E-state index in [1.54, 1.807) is 12.1 Å². The quantitative estimate of drug-likeness (QED) is 0.687. The van der Waals surface area contributed by atoms with Gasteiger partial charge in [0.2, 0.25) is 0 Å². The number of carbonyl (C=O) groups is 1. The van der Waals surface area contributed by atoms with Gasteiger partial charge in [-0.2, -0.15) is 0 Å². The molecule has 6 heteroatoms. The van der Waals surface area contributed by atoms with Crippen molar-refractivity contribution in [2.45, 2.75) is 33.7 Å². The molecule has 3 rings (SSSR count). The second-order valence-corrected chi connectivity index (χ2v) is 7.13. The van der Waals surface area contributed by atoms with E-state index in [-0.39, 0.29) is 12.5 Å². The van der Waals surface area contributed by atoms with Crippen LogP contribution < -0.4 is 14.2 Å². The van der Waals surface area contributed by atoms with Crippen LogP contribution in [0.5, 0.6) is 17.2 Å². The highest BCUT2D eigenvalue weighted by Crippen LogP contribution is 2.34. The summed E-state index contributed by atoms with van der Waals surface area (Å²) in [5, 5.41) is 0.653. The Hall–Kier alpha value is -2.40. The van der Waals surface area contributed by atoms with E-state index in [4.69, 9.17) is 25.8 Å². The van der Waals surface area contributed by atoms with Gasteiger partial charge >= 0.3 is 0 Å². The molecule has 0 aromatic heterocycles. The standard InChI is InChI=1S/C22H26ClNO4/c1-4-26-20-11-16-8-9-24(13-17(16)12-21(20)27-5-2)22(25)14-28-19-7-6-18(23)10-15(19)3/h6-7,10-12H,4-5,8-9,13-14H2,1-3H3. The van der Waals surface area contributed by atoms with Crippen molar-refractivity contribution in [3.63, 3.8) is 0 Å². The lowest BCUT2D eigenvalue weighted by Gasteiger charge is -2.30. The zero-order valence-electron chi connectivity index (χ0n) is 16.6. The van der Waals surface area contributed by atoms with Crippen molar-refractivity contribution >= 4 is 17.5 Å². The minimum absolute atomic E-state index is 0.00710. The van der Waals surface area contributed by atoms with E-state index in [9.17, 15) is 4.79 Å². The summed E-state index contributed by atoms with van der Waals surface area (Å²) in [6.07, 6.45) is 0.785. The van der Waals surface area contributed by atoms with E-state index in [0.717, 1.165) is 29.0 Å². The van der Waals surface area contributed by atoms with Gasteiger partial charge in [0.25, 0.3) is 5.91 Å². The van der Waals surface area contributed by atoms with Gasteiger partial charge < -0.3 is 19.1 Å². The first-order chi connectivity index (χ1) is 13.5. The Kier molecular flexibility index (Phi) is 6.68. The lowest BCUT2D eigenvalue weighted by molar-refractivity contribution is -0.134. The van der Waals surface area contributed by atoms with Crippen LogP contribution in [0.15, 0.2) is 30.3 Å². The summed E-state index contributed by atoms with van der Waals surface area (Å²) in [6, 6.07) is 9.41. The molecule has 28 heavy (non-hydrogen) atoms. The third kappa shape index (κ3) is 4.71. The average molecular weight is 404 g/mol. The summed E-state index contributed by atoms with van der Waals surface area (Å²) in [5.74, 6) is 2.14. The Morgan fingerprint density at radius 2 is 1.68 bits per heavy atom. The smallest absolute Gasteiger partial charge is 0.260 e. The molecule has 2 aromatic carbocycles. The lowest BCUT2D eigenvalue weighted by atomic mass is 9.98. The van der Waals surface area contributed by atoms with Gasteiger partial charge in [-0.05, 0) is 74.2 Å². The highest BCUT2D eigenvalue weighted by Gasteiger charge is 2.23. The highest BCUT2D eigenvalue weighted by atomic mass is 35.5. The summed E-state index contributed by atoms with van der Waals surface area (Å²) in [5.41, 5.74) is 3.20. The van der Waals surface area contributed by atoms with Crippen LogP contribution in [-0.2, 0) is 17.8 Å². The van der Waals surface area contributed by atoms with E-state index in [1.807, 2.05) is 43.9 Å². The van der Waals surface area contributed by atoms with E-state index in [0.29, 0.717) is 37.1 Å². The molecule has 0 N–H and O–H groups in total. The number of fused-ring (bicyclic) bond motifs is 1. The fourth-order valence-corrected chi connectivity index (χ4v) is 3.55. The van der Waals surface area contributed by atoms with E-state index >= 15 is 0 Å². The Balaban J connectivity index is 1.68. The number of rotatable bonds is 7. The predicted molar refractivity (Wildman–Crippen MR) is 110 cm³/mol. The highest BCUT2D eigenvalue weighted by molar-refractivity contribution is 6.30. The topological polar surface area (TPSA) is 48.0 Å². The van der Waals surface area contributed by atoms with Gasteiger partial charge in [0, 0.05) is 18.1 Å². The summed E-state index contributed by atoms with van der Waals surface area (Å²) >= 11 is 5.97. The number of hydrogen-bond acceptors (Lipinski definition) is 4. The first kappa shape index (κ1) is 20.3. The molecule has 0 spiro atoms. The van der Waals surface area contributed by atoms with E-state index in [2.05, 4.69) is 0 Å². The number of amides is 1. The molecule has 0 aliphatic carbocycles. The summed E-state index contributed by atoms with van der Waals surface area (Å²) < 4.78 is 17.1. The largest absolute Gasteiger partial charge is 0.490 e. The third-order valence-corrected chi connectivity index (χ3v) is 4.95. The van der Waals surface area contributed by atoms with Gasteiger partial charge in [0.05, 0.1) is 13.2 Å². The molecular formula is C22H26ClNO4. The lowest BCUT2D eigenvalue weighted by Crippen LogP contribution is -2.38. The van der Waals surface area contributed by atoms with Crippen molar-refractivity contribution in [2.24, 2.45) is 0 Å². The van der Waals surface area contributed by atoms with Crippen molar-refractivity contribution in [3.8, 4) is 17.2 Å². The first-order valence-corrected chi connectivity index (χ1v) is 9.97. The van der Waals surface area contributed by atoms with Crippen LogP contribution in [0.25, 0.3) is 0 Å². The normalized spacial score (nSPS) is 13.1. The number of halogens is 1. The maximum Gasteiger partial charge on any atom is 0.260 e. The molecule has 0 fully saturated rings. The molecule has 0 unspecified atom stereocenters. The molecular weight excluding hydrogens is 378 g/mol. The van der Waals surface area contributed by atoms with Crippen LogP contribution in [-0.4, -0.2) is 37.2 Å². The first-order valence-electron chi connectivity index (χ1n) is 9.60. The van der Waals surface area contributed by atoms with Gasteiger partial charge in [-0.3, -0.25) is 4.79 Å². The fraction of sp³-hybridized carbons (Fsp3) is 0.409. The van der Waals surface area contributed by atoms with Crippen LogP contribution in [0.2, 0.25) is 5.02 Å². The van der Waals surface area contributed by atoms with Crippen LogP contribution >= 0.6 is 11.6 Å². The maximum absolute atomic E-state index is 12.7. The molecule has 5 nitrogen and oxygen atoms in total. The minimum atomic E-state index is -0.0353. The van der Waals surface area contributed by atoms with Gasteiger partial charge in [-0.15, -0.1) is 0 Å². The summed E-state index contributed by atoms with van der Waals surface area (Å²) in [6.45, 7) is 8.18. The molecule has 0 bridgehead atoms. The molecule has 1 amide bonds. The van der Waals surface area contributed by atoms with Gasteiger partial charge in [0.15, 0.2) is 18.1 Å². The third-order valence-electron chi connectivity index (χ3n) is 4.72. The minimum Gasteiger partial charge on any atom is -0.490 e. The second-order valence-electron chi connectivity index (χ2n) is 6.70. The number of aryl methyl sites for hydroxylation is 1. The van der Waals surface area contributed by atoms with Crippen molar-refractivity contribution in [1.29, 1.82) is 0 Å². The molecule has 150 valence electrons. The van der Waals surface area contributed by atoms with Crippen LogP contribution in [0.4, 0.5) is 0 Å². The van der Waals surface area contributed by atoms with Gasteiger partial charge in [-0.1, -0.05) is 11.6 Å². The second kappa shape index (κ2) is 9.20. The van der Waals surface area contributed by atoms with E-state index < -0.39 is 0 Å². The molecule has 0 atom stereocenters. The Morgan fingerprint density at radius 3 is 2.32 bits per heavy atom. The monoisotopic (exact) mass is 403 g/mol. The van der Waals surface area contributed by atoms with Gasteiger partial charge in [0.1, 0.15) is 5.75 Å². The van der Waals surface area contributed by atoms with Crippen molar-refractivity contribution < 1.29 is 19.0 Å². The Morgan fingerprint density at radius 1 is 1.00 bits per heavy atom. The zero-order chi connectivity index (χ0) is 20.1. The number of nitrogens with zero attached hydrogens (tertiary/aromatic N) is 1. The molecule has 1 aliphatic rings. The Bertz CT molecular complexity index is 853. The summed E-state index contributed by atoms with van der Waals surface area (Å²) in [7, 11) is 0. The molecule has 2 aromatic rings. The molecule has 1 heterocycles. The molecule has 0 radical (unpaired) electrons. The Labute approximate surface area is 171 Å². The predicted octanol–water partition coefficient (Wildman–Crippen LogP) is 4.41. The molecule has 0 saturated heterocycles. The van der Waals surface area contributed by atoms with Crippen molar-refractivity contribution in [1.82, 2.24) is 4.90 Å². The zero-order valence-corrected chi connectivity index (χ0v) is 17.3. The number of benzene rings is 2. The van der Waals surface area contributed by atoms with Crippen LogP contribution in [0.1, 0.15) is 30.5 Å². The van der Waals surface area contributed by atoms with Crippen molar-refractivity contribution in [3.05, 3.63) is 52.0 Å². The average Bonchev–Trinajstić information content (AvgIpc) is 2.67. The number of ether oxygens (including phenoxy) is 3. The summed E-state index contributed by atoms with van der Waals surface area (Å²) in [4.78, 5) is 14.5. The molecule has 1 aliphatic heterocycles. The SMILES string of the molecule is CCOc1cc2c(cc1OCC)CN(C(=O)COc1ccc(Cl)cc1C)CC2. The number of carbonyl (C=O) groups excluding carboxylic acids is 1. The number of hydrogen-bond donors (Lipinski definition) is 0. The van der Waals surface area contributed by atoms with Crippen LogP contribution in [0, 0.1) is 6.92 Å². The van der Waals surface area contributed by atoms with E-state index in [1.165, 1.54) is 5.56 Å². The molecule has 0 saturated carbocycles. The maximum atomic E-state index is 12.7. The fourth-order valence-electron chi connectivity index (χ4n) is 3.32. The van der Waals surface area contributed by atoms with Gasteiger partial charge in [-0.25, -0.2) is 0 Å². The van der Waals surface area contributed by atoms with Crippen LogP contribution in [0.3, 0.4) is 0 Å². The van der Waals surface area contributed by atoms with Crippen molar-refractivity contribution in [2.75, 3.05) is 26.4 Å².